The first-order valence-corrected chi connectivity index (χ1v) is 7.66. The lowest BCUT2D eigenvalue weighted by molar-refractivity contribution is 0.0269. The molecule has 0 aromatic heterocycles. The van der Waals surface area contributed by atoms with Crippen molar-refractivity contribution >= 4 is 6.09 Å². The number of nitrogens with zero attached hydrogens (tertiary/aromatic N) is 2. The standard InChI is InChI=1S/C17H26N2O3/c1-17(2,3)22-16(21)19-11-14(15(20)12-19)18(4)10-13-8-6-5-7-9-13/h5-9,14-15,20H,10-12H2,1-4H3/t14-,15-/m0/s1. The van der Waals surface area contributed by atoms with E-state index in [-0.39, 0.29) is 12.1 Å². The summed E-state index contributed by atoms with van der Waals surface area (Å²) in [6.07, 6.45) is -0.914. The molecule has 0 bridgehead atoms. The first-order chi connectivity index (χ1) is 10.3. The van der Waals surface area contributed by atoms with Crippen molar-refractivity contribution in [1.82, 2.24) is 9.80 Å². The summed E-state index contributed by atoms with van der Waals surface area (Å²) in [7, 11) is 1.97. The number of likely N-dealkylation sites (N-methyl/N-ethyl adjacent to an activating group) is 1. The number of carbonyl (C=O) groups excluding carboxylic acids is 1. The van der Waals surface area contributed by atoms with E-state index in [9.17, 15) is 9.90 Å². The third-order valence-electron chi connectivity index (χ3n) is 3.75. The van der Waals surface area contributed by atoms with Crippen LogP contribution in [-0.2, 0) is 11.3 Å². The Kier molecular flexibility index (Phi) is 5.08. The summed E-state index contributed by atoms with van der Waals surface area (Å²) in [5, 5.41) is 10.3. The van der Waals surface area contributed by atoms with Gasteiger partial charge in [0.2, 0.25) is 0 Å². The molecule has 0 unspecified atom stereocenters. The second kappa shape index (κ2) is 6.67. The molecule has 2 atom stereocenters. The van der Waals surface area contributed by atoms with E-state index in [0.29, 0.717) is 13.1 Å². The van der Waals surface area contributed by atoms with E-state index in [1.54, 1.807) is 4.90 Å². The molecule has 1 N–H and O–H groups in total. The van der Waals surface area contributed by atoms with E-state index in [1.807, 2.05) is 46.0 Å². The van der Waals surface area contributed by atoms with Gasteiger partial charge in [-0.2, -0.15) is 0 Å². The van der Waals surface area contributed by atoms with Gasteiger partial charge in [0.05, 0.1) is 18.7 Å². The molecule has 0 radical (unpaired) electrons. The molecular weight excluding hydrogens is 280 g/mol. The molecule has 1 aromatic carbocycles. The van der Waals surface area contributed by atoms with Gasteiger partial charge >= 0.3 is 6.09 Å². The third kappa shape index (κ3) is 4.45. The van der Waals surface area contributed by atoms with Crippen LogP contribution < -0.4 is 0 Å². The Morgan fingerprint density at radius 1 is 1.32 bits per heavy atom. The smallest absolute Gasteiger partial charge is 0.410 e. The van der Waals surface area contributed by atoms with Gasteiger partial charge in [-0.25, -0.2) is 4.79 Å². The fraction of sp³-hybridized carbons (Fsp3) is 0.588. The third-order valence-corrected chi connectivity index (χ3v) is 3.75. The summed E-state index contributed by atoms with van der Waals surface area (Å²) < 4.78 is 5.37. The molecular formula is C17H26N2O3. The number of benzene rings is 1. The van der Waals surface area contributed by atoms with Crippen LogP contribution in [0.15, 0.2) is 30.3 Å². The second-order valence-corrected chi connectivity index (χ2v) is 6.92. The number of aliphatic hydroxyl groups is 1. The summed E-state index contributed by atoms with van der Waals surface area (Å²) in [5.41, 5.74) is 0.670. The molecule has 1 amide bonds. The molecule has 122 valence electrons. The van der Waals surface area contributed by atoms with Crippen molar-refractivity contribution in [3.05, 3.63) is 35.9 Å². The maximum absolute atomic E-state index is 12.1. The van der Waals surface area contributed by atoms with Gasteiger partial charge in [-0.15, -0.1) is 0 Å². The molecule has 1 fully saturated rings. The van der Waals surface area contributed by atoms with Gasteiger partial charge < -0.3 is 14.7 Å². The fourth-order valence-corrected chi connectivity index (χ4v) is 2.67. The maximum Gasteiger partial charge on any atom is 0.410 e. The van der Waals surface area contributed by atoms with Crippen molar-refractivity contribution in [2.45, 2.75) is 45.1 Å². The summed E-state index contributed by atoms with van der Waals surface area (Å²) in [4.78, 5) is 15.8. The number of aliphatic hydroxyl groups excluding tert-OH is 1. The van der Waals surface area contributed by atoms with Crippen molar-refractivity contribution in [1.29, 1.82) is 0 Å². The average Bonchev–Trinajstić information content (AvgIpc) is 2.80. The predicted octanol–water partition coefficient (Wildman–Crippen LogP) is 2.10. The number of likely N-dealkylation sites (tertiary alicyclic amines) is 1. The number of carbonyl (C=O) groups is 1. The molecule has 1 aromatic rings. The highest BCUT2D eigenvalue weighted by Crippen LogP contribution is 2.20. The van der Waals surface area contributed by atoms with Gasteiger partial charge in [0.15, 0.2) is 0 Å². The van der Waals surface area contributed by atoms with Crippen LogP contribution >= 0.6 is 0 Å². The molecule has 0 spiro atoms. The Hall–Kier alpha value is -1.59. The zero-order chi connectivity index (χ0) is 16.3. The van der Waals surface area contributed by atoms with Crippen molar-refractivity contribution < 1.29 is 14.6 Å². The van der Waals surface area contributed by atoms with Crippen LogP contribution in [0.2, 0.25) is 0 Å². The summed E-state index contributed by atoms with van der Waals surface area (Å²) in [6, 6.07) is 10.0. The Labute approximate surface area is 132 Å². The molecule has 1 saturated heterocycles. The van der Waals surface area contributed by atoms with Crippen LogP contribution in [-0.4, -0.2) is 58.9 Å². The van der Waals surface area contributed by atoms with E-state index in [2.05, 4.69) is 17.0 Å². The van der Waals surface area contributed by atoms with Crippen LogP contribution in [0.25, 0.3) is 0 Å². The fourth-order valence-electron chi connectivity index (χ4n) is 2.67. The van der Waals surface area contributed by atoms with E-state index < -0.39 is 11.7 Å². The number of hydrogen-bond donors (Lipinski definition) is 1. The topological polar surface area (TPSA) is 53.0 Å². The number of rotatable bonds is 3. The molecule has 22 heavy (non-hydrogen) atoms. The zero-order valence-corrected chi connectivity index (χ0v) is 13.8. The van der Waals surface area contributed by atoms with Crippen LogP contribution in [0.5, 0.6) is 0 Å². The van der Waals surface area contributed by atoms with Gasteiger partial charge in [-0.1, -0.05) is 30.3 Å². The quantitative estimate of drug-likeness (QED) is 0.929. The zero-order valence-electron chi connectivity index (χ0n) is 13.8. The van der Waals surface area contributed by atoms with Crippen molar-refractivity contribution in [3.63, 3.8) is 0 Å². The van der Waals surface area contributed by atoms with Crippen LogP contribution in [0.1, 0.15) is 26.3 Å². The number of hydrogen-bond acceptors (Lipinski definition) is 4. The van der Waals surface area contributed by atoms with Gasteiger partial charge in [-0.05, 0) is 33.4 Å². The van der Waals surface area contributed by atoms with Gasteiger partial charge in [0.25, 0.3) is 0 Å². The van der Waals surface area contributed by atoms with E-state index >= 15 is 0 Å². The SMILES string of the molecule is CN(Cc1ccccc1)[C@H]1CN(C(=O)OC(C)(C)C)C[C@@H]1O. The highest BCUT2D eigenvalue weighted by atomic mass is 16.6. The second-order valence-electron chi connectivity index (χ2n) is 6.92. The Morgan fingerprint density at radius 3 is 2.55 bits per heavy atom. The lowest BCUT2D eigenvalue weighted by Gasteiger charge is -2.27. The van der Waals surface area contributed by atoms with Crippen LogP contribution in [0, 0.1) is 0 Å². The molecule has 5 heteroatoms. The maximum atomic E-state index is 12.1. The first kappa shape index (κ1) is 16.8. The molecule has 1 aliphatic heterocycles. The molecule has 1 aliphatic rings. The summed E-state index contributed by atoms with van der Waals surface area (Å²) in [6.45, 7) is 7.08. The number of amides is 1. The largest absolute Gasteiger partial charge is 0.444 e. The number of ether oxygens (including phenoxy) is 1. The lowest BCUT2D eigenvalue weighted by Crippen LogP contribution is -2.41. The van der Waals surface area contributed by atoms with Crippen molar-refractivity contribution in [2.75, 3.05) is 20.1 Å². The minimum atomic E-state index is -0.554. The molecule has 5 nitrogen and oxygen atoms in total. The van der Waals surface area contributed by atoms with Gasteiger partial charge in [0, 0.05) is 13.1 Å². The Bertz CT molecular complexity index is 498. The highest BCUT2D eigenvalue weighted by molar-refractivity contribution is 5.68. The van der Waals surface area contributed by atoms with E-state index in [0.717, 1.165) is 6.54 Å². The minimum Gasteiger partial charge on any atom is -0.444 e. The van der Waals surface area contributed by atoms with Gasteiger partial charge in [-0.3, -0.25) is 4.90 Å². The molecule has 1 heterocycles. The first-order valence-electron chi connectivity index (χ1n) is 7.66. The van der Waals surface area contributed by atoms with E-state index in [1.165, 1.54) is 5.56 Å². The van der Waals surface area contributed by atoms with Crippen molar-refractivity contribution in [3.8, 4) is 0 Å². The molecule has 2 rings (SSSR count). The average molecular weight is 306 g/mol. The predicted molar refractivity (Wildman–Crippen MR) is 85.5 cm³/mol. The monoisotopic (exact) mass is 306 g/mol. The Morgan fingerprint density at radius 2 is 1.95 bits per heavy atom. The lowest BCUT2D eigenvalue weighted by atomic mass is 10.1. The number of β-amino-alcohol motifs (C(OH)–C–C–N with tert-alkyl or cyclic N) is 1. The summed E-state index contributed by atoms with van der Waals surface area (Å²) in [5.74, 6) is 0. The summed E-state index contributed by atoms with van der Waals surface area (Å²) >= 11 is 0. The van der Waals surface area contributed by atoms with Gasteiger partial charge in [0.1, 0.15) is 5.60 Å². The highest BCUT2D eigenvalue weighted by Gasteiger charge is 2.38. The molecule has 0 saturated carbocycles. The normalized spacial score (nSPS) is 22.2. The van der Waals surface area contributed by atoms with Crippen molar-refractivity contribution in [2.24, 2.45) is 0 Å². The minimum absolute atomic E-state index is 0.0762. The molecule has 0 aliphatic carbocycles. The van der Waals surface area contributed by atoms with Crippen LogP contribution in [0.4, 0.5) is 4.79 Å². The van der Waals surface area contributed by atoms with E-state index in [4.69, 9.17) is 4.74 Å². The Balaban J connectivity index is 1.94. The van der Waals surface area contributed by atoms with Crippen LogP contribution in [0.3, 0.4) is 0 Å².